The number of nitrogens with one attached hydrogen (secondary N) is 1. The zero-order valence-corrected chi connectivity index (χ0v) is 11.5. The van der Waals surface area contributed by atoms with Crippen molar-refractivity contribution in [2.75, 3.05) is 10.5 Å². The van der Waals surface area contributed by atoms with Gasteiger partial charge in [0.15, 0.2) is 5.82 Å². The van der Waals surface area contributed by atoms with Crippen molar-refractivity contribution < 1.29 is 8.42 Å². The van der Waals surface area contributed by atoms with Crippen LogP contribution in [0, 0.1) is 5.41 Å². The van der Waals surface area contributed by atoms with Crippen LogP contribution in [0.15, 0.2) is 6.20 Å². The minimum atomic E-state index is -3.39. The van der Waals surface area contributed by atoms with E-state index in [4.69, 9.17) is 5.73 Å². The Morgan fingerprint density at radius 2 is 2.06 bits per heavy atom. The van der Waals surface area contributed by atoms with E-state index in [-0.39, 0.29) is 17.7 Å². The summed E-state index contributed by atoms with van der Waals surface area (Å²) >= 11 is 0. The Hall–Kier alpha value is -1.08. The highest BCUT2D eigenvalue weighted by atomic mass is 32.2. The molecule has 1 aromatic rings. The van der Waals surface area contributed by atoms with E-state index in [9.17, 15) is 8.42 Å². The first-order valence-corrected chi connectivity index (χ1v) is 7.01. The Labute approximate surface area is 102 Å². The van der Waals surface area contributed by atoms with Crippen molar-refractivity contribution in [3.05, 3.63) is 11.8 Å². The third kappa shape index (κ3) is 4.35. The normalized spacial score (nSPS) is 12.8. The van der Waals surface area contributed by atoms with Crippen molar-refractivity contribution >= 4 is 15.8 Å². The number of hydrogen-bond donors (Lipinski definition) is 2. The van der Waals surface area contributed by atoms with Gasteiger partial charge in [-0.2, -0.15) is 5.10 Å². The fraction of sp³-hybridized carbons (Fsp3) is 0.700. The summed E-state index contributed by atoms with van der Waals surface area (Å²) in [7, 11) is -1.67. The van der Waals surface area contributed by atoms with Gasteiger partial charge in [0.25, 0.3) is 0 Å². The second-order valence-corrected chi connectivity index (χ2v) is 7.02. The van der Waals surface area contributed by atoms with Crippen molar-refractivity contribution in [3.8, 4) is 0 Å². The third-order valence-electron chi connectivity index (χ3n) is 2.00. The van der Waals surface area contributed by atoms with Crippen molar-refractivity contribution in [1.82, 2.24) is 9.78 Å². The van der Waals surface area contributed by atoms with E-state index in [0.717, 1.165) is 0 Å². The van der Waals surface area contributed by atoms with Crippen LogP contribution >= 0.6 is 0 Å². The Kier molecular flexibility index (Phi) is 3.83. The average molecular weight is 260 g/mol. The third-order valence-corrected chi connectivity index (χ3v) is 3.75. The quantitative estimate of drug-likeness (QED) is 0.832. The van der Waals surface area contributed by atoms with Gasteiger partial charge in [0.2, 0.25) is 10.0 Å². The van der Waals surface area contributed by atoms with Gasteiger partial charge in [-0.3, -0.25) is 9.40 Å². The summed E-state index contributed by atoms with van der Waals surface area (Å²) in [4.78, 5) is 0. The number of anilines is 1. The second-order valence-electron chi connectivity index (χ2n) is 5.30. The number of sulfonamides is 1. The maximum atomic E-state index is 11.9. The molecule has 3 N–H and O–H groups in total. The molecule has 0 aliphatic rings. The molecule has 0 spiro atoms. The standard InChI is InChI=1S/C10H20N4O2S/c1-10(2,3)7-17(15,16)13-9-8(5-11)6-14(4)12-9/h6H,5,7,11H2,1-4H3,(H,12,13). The fourth-order valence-corrected chi connectivity index (χ4v) is 3.21. The highest BCUT2D eigenvalue weighted by molar-refractivity contribution is 7.92. The minimum absolute atomic E-state index is 0.0422. The second kappa shape index (κ2) is 4.66. The number of hydrogen-bond acceptors (Lipinski definition) is 4. The van der Waals surface area contributed by atoms with E-state index in [1.54, 1.807) is 13.2 Å². The predicted molar refractivity (Wildman–Crippen MR) is 68.0 cm³/mol. The van der Waals surface area contributed by atoms with Crippen LogP contribution in [-0.4, -0.2) is 24.0 Å². The van der Waals surface area contributed by atoms with E-state index in [2.05, 4.69) is 9.82 Å². The highest BCUT2D eigenvalue weighted by Gasteiger charge is 2.23. The number of rotatable bonds is 4. The molecule has 1 aromatic heterocycles. The summed E-state index contributed by atoms with van der Waals surface area (Å²) in [5.74, 6) is 0.361. The molecule has 1 heterocycles. The summed E-state index contributed by atoms with van der Waals surface area (Å²) in [5.41, 5.74) is 5.90. The summed E-state index contributed by atoms with van der Waals surface area (Å²) in [6, 6.07) is 0. The zero-order chi connectivity index (χ0) is 13.3. The van der Waals surface area contributed by atoms with Crippen LogP contribution in [-0.2, 0) is 23.6 Å². The lowest BCUT2D eigenvalue weighted by Crippen LogP contribution is -2.26. The SMILES string of the molecule is Cn1cc(CN)c(NS(=O)(=O)CC(C)(C)C)n1. The van der Waals surface area contributed by atoms with Gasteiger partial charge in [0.1, 0.15) is 0 Å². The van der Waals surface area contributed by atoms with Crippen molar-refractivity contribution in [2.24, 2.45) is 18.2 Å². The molecule has 0 fully saturated rings. The van der Waals surface area contributed by atoms with Crippen LogP contribution in [0.1, 0.15) is 26.3 Å². The largest absolute Gasteiger partial charge is 0.326 e. The van der Waals surface area contributed by atoms with Gasteiger partial charge in [0, 0.05) is 25.4 Å². The maximum absolute atomic E-state index is 11.9. The van der Waals surface area contributed by atoms with Crippen LogP contribution in [0.3, 0.4) is 0 Å². The van der Waals surface area contributed by atoms with Crippen LogP contribution in [0.4, 0.5) is 5.82 Å². The lowest BCUT2D eigenvalue weighted by atomic mass is 10.0. The van der Waals surface area contributed by atoms with Crippen LogP contribution in [0.5, 0.6) is 0 Å². The topological polar surface area (TPSA) is 90.0 Å². The molecule has 1 rings (SSSR count). The lowest BCUT2D eigenvalue weighted by molar-refractivity contribution is 0.463. The Morgan fingerprint density at radius 3 is 2.53 bits per heavy atom. The number of nitrogens with two attached hydrogens (primary N) is 1. The molecule has 0 aromatic carbocycles. The summed E-state index contributed by atoms with van der Waals surface area (Å²) in [5, 5.41) is 4.04. The first-order chi connectivity index (χ1) is 7.63. The summed E-state index contributed by atoms with van der Waals surface area (Å²) < 4.78 is 27.8. The highest BCUT2D eigenvalue weighted by Crippen LogP contribution is 2.19. The molecule has 17 heavy (non-hydrogen) atoms. The molecule has 0 saturated carbocycles. The molecule has 0 aliphatic heterocycles. The number of nitrogens with zero attached hydrogens (tertiary/aromatic N) is 2. The number of aryl methyl sites for hydroxylation is 1. The van der Waals surface area contributed by atoms with Gasteiger partial charge in [-0.05, 0) is 5.41 Å². The number of aromatic nitrogens is 2. The molecule has 0 atom stereocenters. The first kappa shape index (κ1) is 14.0. The van der Waals surface area contributed by atoms with Crippen LogP contribution in [0.25, 0.3) is 0 Å². The Bertz CT molecular complexity index is 485. The van der Waals surface area contributed by atoms with E-state index < -0.39 is 10.0 Å². The fourth-order valence-electron chi connectivity index (χ4n) is 1.53. The molecular weight excluding hydrogens is 240 g/mol. The smallest absolute Gasteiger partial charge is 0.234 e. The van der Waals surface area contributed by atoms with E-state index in [0.29, 0.717) is 11.4 Å². The van der Waals surface area contributed by atoms with Gasteiger partial charge in [-0.1, -0.05) is 20.8 Å². The molecule has 0 saturated heterocycles. The summed E-state index contributed by atoms with van der Waals surface area (Å²) in [6.45, 7) is 5.86. The van der Waals surface area contributed by atoms with Crippen molar-refractivity contribution in [2.45, 2.75) is 27.3 Å². The molecule has 0 unspecified atom stereocenters. The Balaban J connectivity index is 2.90. The van der Waals surface area contributed by atoms with Crippen LogP contribution in [0.2, 0.25) is 0 Å². The molecule has 7 heteroatoms. The monoisotopic (exact) mass is 260 g/mol. The van der Waals surface area contributed by atoms with Crippen molar-refractivity contribution in [3.63, 3.8) is 0 Å². The predicted octanol–water partition coefficient (Wildman–Crippen LogP) is 0.667. The maximum Gasteiger partial charge on any atom is 0.234 e. The van der Waals surface area contributed by atoms with Crippen molar-refractivity contribution in [1.29, 1.82) is 0 Å². The van der Waals surface area contributed by atoms with E-state index in [1.807, 2.05) is 20.8 Å². The molecule has 6 nitrogen and oxygen atoms in total. The molecule has 0 aliphatic carbocycles. The van der Waals surface area contributed by atoms with Gasteiger partial charge in [0.05, 0.1) is 5.75 Å². The summed E-state index contributed by atoms with van der Waals surface area (Å²) in [6.07, 6.45) is 1.70. The van der Waals surface area contributed by atoms with Gasteiger partial charge in [-0.15, -0.1) is 0 Å². The molecule has 0 radical (unpaired) electrons. The molecule has 0 amide bonds. The Morgan fingerprint density at radius 1 is 1.47 bits per heavy atom. The zero-order valence-electron chi connectivity index (χ0n) is 10.7. The van der Waals surface area contributed by atoms with E-state index >= 15 is 0 Å². The van der Waals surface area contributed by atoms with Gasteiger partial charge >= 0.3 is 0 Å². The van der Waals surface area contributed by atoms with Gasteiger partial charge in [-0.25, -0.2) is 8.42 Å². The van der Waals surface area contributed by atoms with Crippen LogP contribution < -0.4 is 10.5 Å². The first-order valence-electron chi connectivity index (χ1n) is 5.36. The van der Waals surface area contributed by atoms with Gasteiger partial charge < -0.3 is 5.73 Å². The molecule has 0 bridgehead atoms. The van der Waals surface area contributed by atoms with E-state index in [1.165, 1.54) is 4.68 Å². The molecule has 98 valence electrons. The lowest BCUT2D eigenvalue weighted by Gasteiger charge is -2.18. The molecular formula is C10H20N4O2S. The average Bonchev–Trinajstić information content (AvgIpc) is 2.40. The minimum Gasteiger partial charge on any atom is -0.326 e.